The molecule has 2 fully saturated rings. The quantitative estimate of drug-likeness (QED) is 0.827. The Morgan fingerprint density at radius 1 is 1.39 bits per heavy atom. The van der Waals surface area contributed by atoms with E-state index >= 15 is 0 Å². The maximum atomic E-state index is 12.4. The van der Waals surface area contributed by atoms with Gasteiger partial charge in [0, 0.05) is 6.54 Å². The number of hydrogen-bond acceptors (Lipinski definition) is 2. The Morgan fingerprint density at radius 3 is 2.56 bits per heavy atom. The molecule has 2 aliphatic rings. The summed E-state index contributed by atoms with van der Waals surface area (Å²) < 4.78 is 0. The summed E-state index contributed by atoms with van der Waals surface area (Å²) in [6.45, 7) is 6.82. The normalized spacial score (nSPS) is 30.9. The van der Waals surface area contributed by atoms with Gasteiger partial charge in [0.25, 0.3) is 0 Å². The summed E-state index contributed by atoms with van der Waals surface area (Å²) >= 11 is 0. The molecule has 0 radical (unpaired) electrons. The van der Waals surface area contributed by atoms with Gasteiger partial charge in [-0.15, -0.1) is 0 Å². The lowest BCUT2D eigenvalue weighted by molar-refractivity contribution is -0.151. The number of piperazine rings is 1. The van der Waals surface area contributed by atoms with Gasteiger partial charge in [0.2, 0.25) is 11.8 Å². The molecule has 2 rings (SSSR count). The summed E-state index contributed by atoms with van der Waals surface area (Å²) in [6.07, 6.45) is 5.24. The third-order valence-corrected chi connectivity index (χ3v) is 4.43. The van der Waals surface area contributed by atoms with Gasteiger partial charge in [0.15, 0.2) is 0 Å². The Kier molecular flexibility index (Phi) is 3.64. The first-order valence-corrected chi connectivity index (χ1v) is 7.08. The van der Waals surface area contributed by atoms with Crippen molar-refractivity contribution in [1.82, 2.24) is 10.2 Å². The molecular weight excluding hydrogens is 228 g/mol. The average Bonchev–Trinajstić information content (AvgIpc) is 2.29. The van der Waals surface area contributed by atoms with Crippen molar-refractivity contribution in [2.75, 3.05) is 6.54 Å². The minimum absolute atomic E-state index is 0.00373. The summed E-state index contributed by atoms with van der Waals surface area (Å²) in [4.78, 5) is 26.1. The molecule has 1 aliphatic carbocycles. The standard InChI is InChI=1S/C14H24N2O2/c1-4-6-11-13(18)16(10(2)12(17)15-11)9-14(3)7-5-8-14/h10-11H,4-9H2,1-3H3,(H,15,17). The van der Waals surface area contributed by atoms with Crippen LogP contribution < -0.4 is 5.32 Å². The van der Waals surface area contributed by atoms with Crippen molar-refractivity contribution in [3.8, 4) is 0 Å². The molecule has 1 saturated carbocycles. The molecule has 0 aromatic heterocycles. The number of nitrogens with one attached hydrogen (secondary N) is 1. The average molecular weight is 252 g/mol. The smallest absolute Gasteiger partial charge is 0.245 e. The van der Waals surface area contributed by atoms with E-state index in [0.29, 0.717) is 0 Å². The molecule has 102 valence electrons. The molecule has 2 amide bonds. The highest BCUT2D eigenvalue weighted by atomic mass is 16.2. The van der Waals surface area contributed by atoms with E-state index in [0.717, 1.165) is 19.4 Å². The zero-order valence-corrected chi connectivity index (χ0v) is 11.7. The van der Waals surface area contributed by atoms with Gasteiger partial charge in [-0.25, -0.2) is 0 Å². The van der Waals surface area contributed by atoms with E-state index in [4.69, 9.17) is 0 Å². The Bertz CT molecular complexity index is 350. The van der Waals surface area contributed by atoms with Crippen molar-refractivity contribution < 1.29 is 9.59 Å². The van der Waals surface area contributed by atoms with E-state index in [9.17, 15) is 9.59 Å². The van der Waals surface area contributed by atoms with Gasteiger partial charge < -0.3 is 10.2 Å². The van der Waals surface area contributed by atoms with Crippen molar-refractivity contribution in [1.29, 1.82) is 0 Å². The molecule has 0 aromatic carbocycles. The lowest BCUT2D eigenvalue weighted by Crippen LogP contribution is -2.64. The third kappa shape index (κ3) is 2.38. The fourth-order valence-electron chi connectivity index (χ4n) is 2.94. The van der Waals surface area contributed by atoms with E-state index in [-0.39, 0.29) is 29.3 Å². The molecule has 18 heavy (non-hydrogen) atoms. The van der Waals surface area contributed by atoms with Crippen LogP contribution in [-0.4, -0.2) is 35.3 Å². The van der Waals surface area contributed by atoms with Crippen LogP contribution in [0.15, 0.2) is 0 Å². The van der Waals surface area contributed by atoms with Crippen LogP contribution in [0.5, 0.6) is 0 Å². The van der Waals surface area contributed by atoms with Crippen LogP contribution in [0.4, 0.5) is 0 Å². The highest BCUT2D eigenvalue weighted by molar-refractivity contribution is 5.96. The lowest BCUT2D eigenvalue weighted by Gasteiger charge is -2.46. The molecule has 2 unspecified atom stereocenters. The highest BCUT2D eigenvalue weighted by Gasteiger charge is 2.42. The van der Waals surface area contributed by atoms with Crippen LogP contribution in [0.2, 0.25) is 0 Å². The maximum Gasteiger partial charge on any atom is 0.245 e. The molecule has 1 heterocycles. The Balaban J connectivity index is 2.09. The van der Waals surface area contributed by atoms with Gasteiger partial charge in [-0.3, -0.25) is 9.59 Å². The fraction of sp³-hybridized carbons (Fsp3) is 0.857. The van der Waals surface area contributed by atoms with Crippen molar-refractivity contribution in [2.24, 2.45) is 5.41 Å². The van der Waals surface area contributed by atoms with Crippen LogP contribution in [0, 0.1) is 5.41 Å². The molecule has 1 N–H and O–H groups in total. The summed E-state index contributed by atoms with van der Waals surface area (Å²) in [6, 6.07) is -0.620. The zero-order chi connectivity index (χ0) is 13.3. The number of carbonyl (C=O) groups is 2. The monoisotopic (exact) mass is 252 g/mol. The number of carbonyl (C=O) groups excluding carboxylic acids is 2. The minimum atomic E-state index is -0.317. The van der Waals surface area contributed by atoms with Crippen molar-refractivity contribution in [2.45, 2.75) is 65.0 Å². The van der Waals surface area contributed by atoms with Crippen molar-refractivity contribution in [3.05, 3.63) is 0 Å². The molecule has 0 spiro atoms. The molecule has 0 aromatic rings. The molecule has 2 atom stereocenters. The Morgan fingerprint density at radius 2 is 2.06 bits per heavy atom. The lowest BCUT2D eigenvalue weighted by atomic mass is 9.70. The zero-order valence-electron chi connectivity index (χ0n) is 11.7. The minimum Gasteiger partial charge on any atom is -0.343 e. The van der Waals surface area contributed by atoms with Crippen LogP contribution >= 0.6 is 0 Å². The van der Waals surface area contributed by atoms with E-state index < -0.39 is 0 Å². The second kappa shape index (κ2) is 4.90. The molecule has 1 aliphatic heterocycles. The maximum absolute atomic E-state index is 12.4. The predicted molar refractivity (Wildman–Crippen MR) is 70.0 cm³/mol. The summed E-state index contributed by atoms with van der Waals surface area (Å²) in [5.74, 6) is 0.105. The van der Waals surface area contributed by atoms with Gasteiger partial charge in [-0.05, 0) is 31.6 Å². The predicted octanol–water partition coefficient (Wildman–Crippen LogP) is 1.69. The first-order chi connectivity index (χ1) is 8.47. The molecule has 4 heteroatoms. The van der Waals surface area contributed by atoms with Crippen molar-refractivity contribution in [3.63, 3.8) is 0 Å². The second-order valence-electron chi connectivity index (χ2n) is 6.16. The van der Waals surface area contributed by atoms with E-state index in [1.165, 1.54) is 19.3 Å². The number of amides is 2. The van der Waals surface area contributed by atoms with Gasteiger partial charge in [-0.2, -0.15) is 0 Å². The number of rotatable bonds is 4. The molecule has 0 bridgehead atoms. The fourth-order valence-corrected chi connectivity index (χ4v) is 2.94. The number of nitrogens with zero attached hydrogens (tertiary/aromatic N) is 1. The topological polar surface area (TPSA) is 49.4 Å². The van der Waals surface area contributed by atoms with Crippen LogP contribution in [0.1, 0.15) is 52.9 Å². The summed E-state index contributed by atoms with van der Waals surface area (Å²) in [7, 11) is 0. The Labute approximate surface area is 109 Å². The first kappa shape index (κ1) is 13.4. The third-order valence-electron chi connectivity index (χ3n) is 4.43. The Hall–Kier alpha value is -1.06. The van der Waals surface area contributed by atoms with Gasteiger partial charge in [0.1, 0.15) is 12.1 Å². The van der Waals surface area contributed by atoms with Gasteiger partial charge in [0.05, 0.1) is 0 Å². The molecule has 4 nitrogen and oxygen atoms in total. The van der Waals surface area contributed by atoms with Gasteiger partial charge in [-0.1, -0.05) is 26.7 Å². The van der Waals surface area contributed by atoms with Crippen molar-refractivity contribution >= 4 is 11.8 Å². The van der Waals surface area contributed by atoms with Crippen LogP contribution in [0.25, 0.3) is 0 Å². The van der Waals surface area contributed by atoms with Crippen LogP contribution in [0.3, 0.4) is 0 Å². The second-order valence-corrected chi connectivity index (χ2v) is 6.16. The SMILES string of the molecule is CCCC1NC(=O)C(C)N(CC2(C)CCC2)C1=O. The van der Waals surface area contributed by atoms with Crippen LogP contribution in [-0.2, 0) is 9.59 Å². The van der Waals surface area contributed by atoms with E-state index in [1.807, 2.05) is 13.8 Å². The van der Waals surface area contributed by atoms with E-state index in [2.05, 4.69) is 12.2 Å². The molecular formula is C14H24N2O2. The highest BCUT2D eigenvalue weighted by Crippen LogP contribution is 2.41. The van der Waals surface area contributed by atoms with Gasteiger partial charge >= 0.3 is 0 Å². The summed E-state index contributed by atoms with van der Waals surface area (Å²) in [5, 5.41) is 2.84. The first-order valence-electron chi connectivity index (χ1n) is 7.08. The summed E-state index contributed by atoms with van der Waals surface area (Å²) in [5.41, 5.74) is 0.234. The van der Waals surface area contributed by atoms with E-state index in [1.54, 1.807) is 4.90 Å². The molecule has 1 saturated heterocycles. The number of hydrogen-bond donors (Lipinski definition) is 1. The largest absolute Gasteiger partial charge is 0.343 e.